The van der Waals surface area contributed by atoms with Gasteiger partial charge in [-0.05, 0) is 42.3 Å². The topological polar surface area (TPSA) is 181 Å². The van der Waals surface area contributed by atoms with Gasteiger partial charge >= 0.3 is 0 Å². The molecule has 2 aromatic rings. The standard InChI is InChI=1S/C21H25N5O4.C2H4O2/c1-3-30-21(26-11-14-8-15(29-2)6-7-16(14)20(26)28)19(27)25-10-13-5-4-12(18(23)24)9-17(13)22;1-2(3)4/h4-9,21H,3,10-11,22H2,1-2H3,(H3,23,24)(H,25,27);1H3,(H,3,4). The number of ether oxygens (including phenoxy) is 2. The van der Waals surface area contributed by atoms with Crippen LogP contribution in [0.3, 0.4) is 0 Å². The van der Waals surface area contributed by atoms with Crippen molar-refractivity contribution in [1.29, 1.82) is 5.41 Å². The van der Waals surface area contributed by atoms with E-state index in [1.165, 1.54) is 4.90 Å². The number of benzene rings is 2. The lowest BCUT2D eigenvalue weighted by molar-refractivity contribution is -0.143. The number of aliphatic carboxylic acids is 1. The van der Waals surface area contributed by atoms with Crippen LogP contribution in [0.15, 0.2) is 36.4 Å². The van der Waals surface area contributed by atoms with Gasteiger partial charge in [0, 0.05) is 43.4 Å². The van der Waals surface area contributed by atoms with Gasteiger partial charge in [-0.1, -0.05) is 12.1 Å². The highest BCUT2D eigenvalue weighted by Crippen LogP contribution is 2.28. The highest BCUT2D eigenvalue weighted by Gasteiger charge is 2.37. The van der Waals surface area contributed by atoms with Crippen molar-refractivity contribution in [3.63, 3.8) is 0 Å². The Kier molecular flexibility index (Phi) is 8.96. The molecule has 0 radical (unpaired) electrons. The minimum Gasteiger partial charge on any atom is -0.497 e. The number of nitrogens with two attached hydrogens (primary N) is 2. The van der Waals surface area contributed by atoms with Gasteiger partial charge < -0.3 is 36.3 Å². The summed E-state index contributed by atoms with van der Waals surface area (Å²) in [7, 11) is 1.56. The molecule has 11 nitrogen and oxygen atoms in total. The van der Waals surface area contributed by atoms with Crippen molar-refractivity contribution in [3.05, 3.63) is 58.7 Å². The molecule has 2 amide bonds. The normalized spacial score (nSPS) is 12.8. The molecular weight excluding hydrogens is 442 g/mol. The first-order valence-corrected chi connectivity index (χ1v) is 10.4. The Morgan fingerprint density at radius 1 is 1.26 bits per heavy atom. The first kappa shape index (κ1) is 26.1. The molecular formula is C23H29N5O6. The lowest BCUT2D eigenvalue weighted by atomic mass is 10.1. The third-order valence-corrected chi connectivity index (χ3v) is 4.89. The van der Waals surface area contributed by atoms with Gasteiger partial charge in [0.05, 0.1) is 7.11 Å². The molecule has 11 heteroatoms. The largest absolute Gasteiger partial charge is 0.497 e. The van der Waals surface area contributed by atoms with Crippen LogP contribution in [0.25, 0.3) is 0 Å². The zero-order chi connectivity index (χ0) is 25.4. The SMILES string of the molecule is CC(=O)O.CCOC(C(=O)NCc1ccc(C(=N)N)cc1N)N1Cc2cc(OC)ccc2C1=O. The summed E-state index contributed by atoms with van der Waals surface area (Å²) < 4.78 is 10.8. The fourth-order valence-electron chi connectivity index (χ4n) is 3.29. The van der Waals surface area contributed by atoms with E-state index < -0.39 is 18.1 Å². The van der Waals surface area contributed by atoms with Crippen molar-refractivity contribution in [1.82, 2.24) is 10.2 Å². The maximum Gasteiger partial charge on any atom is 0.300 e. The second kappa shape index (κ2) is 11.7. The van der Waals surface area contributed by atoms with Crippen molar-refractivity contribution < 1.29 is 29.0 Å². The Hall–Kier alpha value is -4.12. The molecule has 1 aliphatic heterocycles. The van der Waals surface area contributed by atoms with E-state index in [9.17, 15) is 9.59 Å². The van der Waals surface area contributed by atoms with Crippen LogP contribution in [0, 0.1) is 5.41 Å². The summed E-state index contributed by atoms with van der Waals surface area (Å²) in [5.41, 5.74) is 14.3. The molecule has 0 spiro atoms. The third-order valence-electron chi connectivity index (χ3n) is 4.89. The summed E-state index contributed by atoms with van der Waals surface area (Å²) >= 11 is 0. The number of methoxy groups -OCH3 is 1. The van der Waals surface area contributed by atoms with Crippen LogP contribution in [0.4, 0.5) is 5.69 Å². The summed E-state index contributed by atoms with van der Waals surface area (Å²) in [6, 6.07) is 10.1. The zero-order valence-electron chi connectivity index (χ0n) is 19.3. The molecule has 1 aliphatic rings. The number of rotatable bonds is 8. The van der Waals surface area contributed by atoms with Crippen molar-refractivity contribution in [2.75, 3.05) is 19.5 Å². The van der Waals surface area contributed by atoms with Gasteiger partial charge in [0.15, 0.2) is 0 Å². The maximum absolute atomic E-state index is 12.9. The van der Waals surface area contributed by atoms with Gasteiger partial charge in [0.2, 0.25) is 6.23 Å². The predicted molar refractivity (Wildman–Crippen MR) is 125 cm³/mol. The number of nitrogen functional groups attached to an aromatic ring is 2. The number of carboxylic acids is 1. The van der Waals surface area contributed by atoms with Crippen LogP contribution in [0.5, 0.6) is 5.75 Å². The van der Waals surface area contributed by atoms with Gasteiger partial charge in [0.1, 0.15) is 11.6 Å². The number of anilines is 1. The fourth-order valence-corrected chi connectivity index (χ4v) is 3.29. The highest BCUT2D eigenvalue weighted by atomic mass is 16.5. The molecule has 1 unspecified atom stereocenters. The predicted octanol–water partition coefficient (Wildman–Crippen LogP) is 1.29. The first-order valence-electron chi connectivity index (χ1n) is 10.4. The number of hydrogen-bond donors (Lipinski definition) is 5. The number of amidine groups is 1. The molecule has 0 saturated heterocycles. The Morgan fingerprint density at radius 2 is 1.94 bits per heavy atom. The minimum absolute atomic E-state index is 0.0857. The third kappa shape index (κ3) is 6.45. The van der Waals surface area contributed by atoms with E-state index in [0.29, 0.717) is 28.1 Å². The van der Waals surface area contributed by atoms with E-state index in [1.54, 1.807) is 50.4 Å². The maximum atomic E-state index is 12.9. The molecule has 0 aromatic heterocycles. The average Bonchev–Trinajstić information content (AvgIpc) is 3.11. The smallest absolute Gasteiger partial charge is 0.300 e. The highest BCUT2D eigenvalue weighted by molar-refractivity contribution is 6.01. The van der Waals surface area contributed by atoms with E-state index in [4.69, 9.17) is 36.3 Å². The van der Waals surface area contributed by atoms with E-state index in [0.717, 1.165) is 12.5 Å². The zero-order valence-corrected chi connectivity index (χ0v) is 19.3. The van der Waals surface area contributed by atoms with Crippen molar-refractivity contribution in [2.24, 2.45) is 5.73 Å². The summed E-state index contributed by atoms with van der Waals surface area (Å²) in [5.74, 6) is -0.991. The molecule has 1 atom stereocenters. The van der Waals surface area contributed by atoms with E-state index in [2.05, 4.69) is 5.32 Å². The monoisotopic (exact) mass is 471 g/mol. The number of carbonyl (C=O) groups excluding carboxylic acids is 2. The van der Waals surface area contributed by atoms with Crippen LogP contribution in [-0.4, -0.2) is 53.6 Å². The minimum atomic E-state index is -1.07. The molecule has 182 valence electrons. The van der Waals surface area contributed by atoms with Crippen molar-refractivity contribution >= 4 is 29.3 Å². The Bertz CT molecular complexity index is 1080. The van der Waals surface area contributed by atoms with Crippen molar-refractivity contribution in [2.45, 2.75) is 33.2 Å². The summed E-state index contributed by atoms with van der Waals surface area (Å²) in [4.78, 5) is 36.1. The molecule has 0 saturated carbocycles. The number of amides is 2. The van der Waals surface area contributed by atoms with E-state index in [-0.39, 0.29) is 31.4 Å². The number of carbonyl (C=O) groups is 3. The number of nitrogens with zero attached hydrogens (tertiary/aromatic N) is 1. The molecule has 3 rings (SSSR count). The number of hydrogen-bond acceptors (Lipinski definition) is 7. The molecule has 1 heterocycles. The van der Waals surface area contributed by atoms with Crippen LogP contribution in [0.2, 0.25) is 0 Å². The molecule has 34 heavy (non-hydrogen) atoms. The van der Waals surface area contributed by atoms with Crippen molar-refractivity contribution in [3.8, 4) is 5.75 Å². The average molecular weight is 472 g/mol. The van der Waals surface area contributed by atoms with Gasteiger partial charge in [0.25, 0.3) is 17.8 Å². The second-order valence-corrected chi connectivity index (χ2v) is 7.33. The summed E-state index contributed by atoms with van der Waals surface area (Å²) in [6.07, 6.45) is -1.07. The Labute approximate surface area is 197 Å². The lowest BCUT2D eigenvalue weighted by Crippen LogP contribution is -2.48. The van der Waals surface area contributed by atoms with Crippen LogP contribution >= 0.6 is 0 Å². The Morgan fingerprint density at radius 3 is 2.50 bits per heavy atom. The first-order chi connectivity index (χ1) is 16.1. The fraction of sp³-hybridized carbons (Fsp3) is 0.304. The van der Waals surface area contributed by atoms with E-state index in [1.807, 2.05) is 0 Å². The summed E-state index contributed by atoms with van der Waals surface area (Å²) in [6.45, 7) is 3.50. The van der Waals surface area contributed by atoms with Gasteiger partial charge in [-0.3, -0.25) is 19.8 Å². The molecule has 7 N–H and O–H groups in total. The van der Waals surface area contributed by atoms with Gasteiger partial charge in [-0.2, -0.15) is 0 Å². The van der Waals surface area contributed by atoms with E-state index >= 15 is 0 Å². The second-order valence-electron chi connectivity index (χ2n) is 7.33. The lowest BCUT2D eigenvalue weighted by Gasteiger charge is -2.26. The number of fused-ring (bicyclic) bond motifs is 1. The Balaban J connectivity index is 0.000000945. The number of carboxylic acid groups (broad SMARTS) is 1. The van der Waals surface area contributed by atoms with Gasteiger partial charge in [-0.25, -0.2) is 0 Å². The van der Waals surface area contributed by atoms with Crippen LogP contribution in [0.1, 0.15) is 40.9 Å². The quantitative estimate of drug-likeness (QED) is 0.217. The van der Waals surface area contributed by atoms with Crippen LogP contribution in [-0.2, 0) is 27.4 Å². The summed E-state index contributed by atoms with van der Waals surface area (Å²) in [5, 5.41) is 17.7. The molecule has 0 fully saturated rings. The molecule has 2 aromatic carbocycles. The van der Waals surface area contributed by atoms with Gasteiger partial charge in [-0.15, -0.1) is 0 Å². The molecule has 0 aliphatic carbocycles. The number of nitrogens with one attached hydrogen (secondary N) is 2. The molecule has 0 bridgehead atoms. The van der Waals surface area contributed by atoms with Crippen LogP contribution < -0.4 is 21.5 Å².